The first-order valence-electron chi connectivity index (χ1n) is 20.1. The SMILES string of the molecule is c1ccc(-c2nc(-c3ccccc3-c3cccc4sc5ccccc5c34)cc(-c3ccc(-c4c5ccccc5cc5c4ccc4ccccc45)c4ccccc34)n2)cc1. The predicted octanol–water partition coefficient (Wildman–Crippen LogP) is 15.8. The van der Waals surface area contributed by atoms with Crippen molar-refractivity contribution >= 4 is 74.6 Å². The van der Waals surface area contributed by atoms with Crippen molar-refractivity contribution in [2.75, 3.05) is 0 Å². The number of aromatic nitrogens is 2. The van der Waals surface area contributed by atoms with Crippen LogP contribution >= 0.6 is 11.3 Å². The third-order valence-corrected chi connectivity index (χ3v) is 13.0. The molecule has 0 bridgehead atoms. The molecule has 0 radical (unpaired) electrons. The summed E-state index contributed by atoms with van der Waals surface area (Å²) in [5.74, 6) is 0.701. The second-order valence-electron chi connectivity index (χ2n) is 15.2. The molecule has 0 saturated heterocycles. The molecular weight excluding hydrogens is 733 g/mol. The fraction of sp³-hybridized carbons (Fsp3) is 0. The van der Waals surface area contributed by atoms with Crippen molar-refractivity contribution in [1.29, 1.82) is 0 Å². The molecule has 2 nitrogen and oxygen atoms in total. The molecule has 59 heavy (non-hydrogen) atoms. The smallest absolute Gasteiger partial charge is 0.160 e. The lowest BCUT2D eigenvalue weighted by atomic mass is 9.86. The second-order valence-corrected chi connectivity index (χ2v) is 16.3. The minimum Gasteiger partial charge on any atom is -0.228 e. The highest BCUT2D eigenvalue weighted by atomic mass is 32.1. The first-order valence-corrected chi connectivity index (χ1v) is 20.9. The molecule has 12 rings (SSSR count). The Morgan fingerprint density at radius 3 is 1.73 bits per heavy atom. The van der Waals surface area contributed by atoms with Gasteiger partial charge in [-0.3, -0.25) is 0 Å². The number of hydrogen-bond donors (Lipinski definition) is 0. The van der Waals surface area contributed by atoms with E-state index in [9.17, 15) is 0 Å². The number of nitrogens with zero attached hydrogens (tertiary/aromatic N) is 2. The van der Waals surface area contributed by atoms with Crippen LogP contribution in [0, 0.1) is 0 Å². The lowest BCUT2D eigenvalue weighted by Crippen LogP contribution is -1.98. The van der Waals surface area contributed by atoms with Crippen molar-refractivity contribution < 1.29 is 0 Å². The van der Waals surface area contributed by atoms with Crippen LogP contribution in [-0.4, -0.2) is 9.97 Å². The normalized spacial score (nSPS) is 11.7. The van der Waals surface area contributed by atoms with E-state index in [2.05, 4.69) is 200 Å². The zero-order valence-corrected chi connectivity index (χ0v) is 32.7. The number of hydrogen-bond acceptors (Lipinski definition) is 3. The molecular formula is C56H34N2S. The topological polar surface area (TPSA) is 25.8 Å². The van der Waals surface area contributed by atoms with Gasteiger partial charge >= 0.3 is 0 Å². The summed E-state index contributed by atoms with van der Waals surface area (Å²) in [5.41, 5.74) is 9.73. The van der Waals surface area contributed by atoms with Gasteiger partial charge in [0.1, 0.15) is 0 Å². The van der Waals surface area contributed by atoms with Crippen molar-refractivity contribution in [2.24, 2.45) is 0 Å². The molecule has 2 heterocycles. The molecule has 274 valence electrons. The van der Waals surface area contributed by atoms with Crippen LogP contribution < -0.4 is 0 Å². The van der Waals surface area contributed by atoms with Crippen molar-refractivity contribution in [1.82, 2.24) is 9.97 Å². The Hall–Kier alpha value is -7.46. The van der Waals surface area contributed by atoms with Gasteiger partial charge in [-0.1, -0.05) is 182 Å². The molecule has 10 aromatic carbocycles. The highest BCUT2D eigenvalue weighted by Crippen LogP contribution is 2.46. The van der Waals surface area contributed by atoms with Crippen LogP contribution in [0.15, 0.2) is 206 Å². The first-order chi connectivity index (χ1) is 29.3. The van der Waals surface area contributed by atoms with Gasteiger partial charge in [-0.15, -0.1) is 11.3 Å². The average Bonchev–Trinajstić information content (AvgIpc) is 3.70. The summed E-state index contributed by atoms with van der Waals surface area (Å²) < 4.78 is 2.58. The molecule has 0 atom stereocenters. The molecule has 0 aliphatic rings. The molecule has 0 amide bonds. The summed E-state index contributed by atoms with van der Waals surface area (Å²) >= 11 is 1.85. The molecule has 0 aliphatic heterocycles. The minimum absolute atomic E-state index is 0.701. The maximum absolute atomic E-state index is 5.36. The monoisotopic (exact) mass is 766 g/mol. The summed E-state index contributed by atoms with van der Waals surface area (Å²) in [6, 6.07) is 74.5. The molecule has 3 heteroatoms. The number of thiophene rings is 1. The molecule has 12 aromatic rings. The fourth-order valence-corrected chi connectivity index (χ4v) is 10.4. The number of benzene rings is 10. The van der Waals surface area contributed by atoms with Gasteiger partial charge in [0.25, 0.3) is 0 Å². The van der Waals surface area contributed by atoms with Crippen LogP contribution in [0.25, 0.3) is 119 Å². The highest BCUT2D eigenvalue weighted by Gasteiger charge is 2.20. The summed E-state index contributed by atoms with van der Waals surface area (Å²) in [6.07, 6.45) is 0. The molecule has 0 unspecified atom stereocenters. The van der Waals surface area contributed by atoms with Crippen LogP contribution in [0.3, 0.4) is 0 Å². The van der Waals surface area contributed by atoms with E-state index >= 15 is 0 Å². The Morgan fingerprint density at radius 1 is 0.305 bits per heavy atom. The highest BCUT2D eigenvalue weighted by molar-refractivity contribution is 7.25. The summed E-state index contributed by atoms with van der Waals surface area (Å²) in [4.78, 5) is 10.7. The van der Waals surface area contributed by atoms with Crippen LogP contribution in [0.4, 0.5) is 0 Å². The summed E-state index contributed by atoms with van der Waals surface area (Å²) in [5, 5.41) is 12.4. The quantitative estimate of drug-likeness (QED) is 0.129. The minimum atomic E-state index is 0.701. The lowest BCUT2D eigenvalue weighted by molar-refractivity contribution is 1.19. The van der Waals surface area contributed by atoms with E-state index in [1.54, 1.807) is 0 Å². The zero-order valence-electron chi connectivity index (χ0n) is 31.9. The van der Waals surface area contributed by atoms with E-state index in [0.29, 0.717) is 5.82 Å². The Labute approximate surface area is 345 Å². The largest absolute Gasteiger partial charge is 0.228 e. The standard InChI is InChI=1S/C56H34N2S/c1-2-16-36(17-3-1)56-57-50(43-24-11-10-23-42(43)45-26-14-28-53-55(45)48-25-12-13-27-52(48)59-53)34-51(58-56)44-31-32-46(41-22-9-8-21-40(41)44)54-39-20-7-5-18-37(39)33-49-38-19-6-4-15-35(38)29-30-47(49)54/h1-34H. The van der Waals surface area contributed by atoms with Gasteiger partial charge in [0.15, 0.2) is 5.82 Å². The predicted molar refractivity (Wildman–Crippen MR) is 252 cm³/mol. The van der Waals surface area contributed by atoms with Crippen LogP contribution in [0.1, 0.15) is 0 Å². The van der Waals surface area contributed by atoms with Gasteiger partial charge in [-0.2, -0.15) is 0 Å². The van der Waals surface area contributed by atoms with E-state index < -0.39 is 0 Å². The maximum Gasteiger partial charge on any atom is 0.160 e. The van der Waals surface area contributed by atoms with E-state index in [1.807, 2.05) is 17.4 Å². The summed E-state index contributed by atoms with van der Waals surface area (Å²) in [7, 11) is 0. The van der Waals surface area contributed by atoms with Crippen LogP contribution in [0.5, 0.6) is 0 Å². The molecule has 0 N–H and O–H groups in total. The first kappa shape index (κ1) is 33.7. The molecule has 0 fully saturated rings. The van der Waals surface area contributed by atoms with Crippen molar-refractivity contribution in [3.05, 3.63) is 206 Å². The van der Waals surface area contributed by atoms with Gasteiger partial charge in [-0.25, -0.2) is 9.97 Å². The Bertz CT molecular complexity index is 3620. The van der Waals surface area contributed by atoms with Gasteiger partial charge in [0.2, 0.25) is 0 Å². The molecule has 0 spiro atoms. The molecule has 0 saturated carbocycles. The third kappa shape index (κ3) is 5.47. The number of rotatable bonds is 5. The van der Waals surface area contributed by atoms with Gasteiger partial charge in [0.05, 0.1) is 11.4 Å². The average molecular weight is 767 g/mol. The van der Waals surface area contributed by atoms with E-state index in [1.165, 1.54) is 74.6 Å². The van der Waals surface area contributed by atoms with Crippen LogP contribution in [-0.2, 0) is 0 Å². The molecule has 0 aliphatic carbocycles. The van der Waals surface area contributed by atoms with Crippen molar-refractivity contribution in [2.45, 2.75) is 0 Å². The lowest BCUT2D eigenvalue weighted by Gasteiger charge is -2.18. The fourth-order valence-electron chi connectivity index (χ4n) is 9.23. The zero-order chi connectivity index (χ0) is 38.9. The summed E-state index contributed by atoms with van der Waals surface area (Å²) in [6.45, 7) is 0. The van der Waals surface area contributed by atoms with Crippen molar-refractivity contribution in [3.63, 3.8) is 0 Å². The maximum atomic E-state index is 5.36. The van der Waals surface area contributed by atoms with E-state index in [-0.39, 0.29) is 0 Å². The third-order valence-electron chi connectivity index (χ3n) is 11.9. The van der Waals surface area contributed by atoms with Gasteiger partial charge < -0.3 is 0 Å². The second kappa shape index (κ2) is 13.6. The Kier molecular flexibility index (Phi) is 7.75. The van der Waals surface area contributed by atoms with Crippen LogP contribution in [0.2, 0.25) is 0 Å². The number of fused-ring (bicyclic) bond motifs is 8. The molecule has 2 aromatic heterocycles. The van der Waals surface area contributed by atoms with E-state index in [0.717, 1.165) is 39.0 Å². The van der Waals surface area contributed by atoms with Crippen molar-refractivity contribution in [3.8, 4) is 56.2 Å². The van der Waals surface area contributed by atoms with Gasteiger partial charge in [0, 0.05) is 36.9 Å². The van der Waals surface area contributed by atoms with E-state index in [4.69, 9.17) is 9.97 Å². The van der Waals surface area contributed by atoms with Gasteiger partial charge in [-0.05, 0) is 89.6 Å². The Balaban J connectivity index is 1.10. The Morgan fingerprint density at radius 2 is 0.898 bits per heavy atom.